The molecule has 0 amide bonds. The fraction of sp³-hybridized carbons (Fsp3) is 0.136. The highest BCUT2D eigenvalue weighted by Gasteiger charge is 2.18. The molecule has 2 aromatic carbocycles. The summed E-state index contributed by atoms with van der Waals surface area (Å²) in [5.74, 6) is 0.803. The van der Waals surface area contributed by atoms with Crippen molar-refractivity contribution in [2.45, 2.75) is 13.8 Å². The van der Waals surface area contributed by atoms with Crippen LogP contribution >= 0.6 is 0 Å². The lowest BCUT2D eigenvalue weighted by Gasteiger charge is -2.13. The van der Waals surface area contributed by atoms with Crippen molar-refractivity contribution < 1.29 is 9.53 Å². The highest BCUT2D eigenvalue weighted by Crippen LogP contribution is 2.40. The molecule has 0 aliphatic carbocycles. The molecule has 0 N–H and O–H groups in total. The Kier molecular flexibility index (Phi) is 3.77. The molecule has 3 heteroatoms. The van der Waals surface area contributed by atoms with Crippen LogP contribution in [0.2, 0.25) is 0 Å². The van der Waals surface area contributed by atoms with Crippen LogP contribution in [0.3, 0.4) is 0 Å². The van der Waals surface area contributed by atoms with Gasteiger partial charge in [-0.3, -0.25) is 4.79 Å². The number of hydrogen-bond acceptors (Lipinski definition) is 2. The molecule has 0 aliphatic rings. The Morgan fingerprint density at radius 1 is 1.08 bits per heavy atom. The van der Waals surface area contributed by atoms with Crippen LogP contribution in [0, 0.1) is 6.92 Å². The molecule has 0 fully saturated rings. The Hall–Kier alpha value is -3.07. The SMILES string of the molecule is CCOc1ccc2ccccc2c1-c1cc2cc(C)ccn2c1C=O. The molecule has 0 spiro atoms. The van der Waals surface area contributed by atoms with Crippen molar-refractivity contribution in [2.24, 2.45) is 0 Å². The quantitative estimate of drug-likeness (QED) is 0.477. The number of carbonyl (C=O) groups excluding carboxylic acids is 1. The summed E-state index contributed by atoms with van der Waals surface area (Å²) in [4.78, 5) is 11.9. The smallest absolute Gasteiger partial charge is 0.167 e. The zero-order chi connectivity index (χ0) is 17.4. The summed E-state index contributed by atoms with van der Waals surface area (Å²) in [6.07, 6.45) is 2.87. The standard InChI is InChI=1S/C22H19NO2/c1-3-25-21-9-8-16-6-4-5-7-18(16)22(21)19-13-17-12-15(2)10-11-23(17)20(19)14-24/h4-14H,3H2,1-2H3. The van der Waals surface area contributed by atoms with E-state index in [0.717, 1.165) is 45.0 Å². The predicted molar refractivity (Wildman–Crippen MR) is 102 cm³/mol. The van der Waals surface area contributed by atoms with E-state index in [1.807, 2.05) is 41.8 Å². The summed E-state index contributed by atoms with van der Waals surface area (Å²) in [6, 6.07) is 18.4. The van der Waals surface area contributed by atoms with Crippen LogP contribution in [-0.4, -0.2) is 17.3 Å². The number of rotatable bonds is 4. The summed E-state index contributed by atoms with van der Waals surface area (Å²) in [5.41, 5.74) is 4.70. The third-order valence-corrected chi connectivity index (χ3v) is 4.54. The first-order valence-electron chi connectivity index (χ1n) is 8.44. The van der Waals surface area contributed by atoms with Gasteiger partial charge < -0.3 is 9.14 Å². The van der Waals surface area contributed by atoms with E-state index in [0.29, 0.717) is 12.3 Å². The number of aryl methyl sites for hydroxylation is 1. The fourth-order valence-corrected chi connectivity index (χ4v) is 3.44. The van der Waals surface area contributed by atoms with Gasteiger partial charge in [-0.25, -0.2) is 0 Å². The third kappa shape index (κ3) is 2.49. The van der Waals surface area contributed by atoms with Crippen LogP contribution in [0.4, 0.5) is 0 Å². The first-order chi connectivity index (χ1) is 12.2. The molecule has 0 saturated heterocycles. The Labute approximate surface area is 146 Å². The van der Waals surface area contributed by atoms with E-state index < -0.39 is 0 Å². The number of aromatic nitrogens is 1. The van der Waals surface area contributed by atoms with Gasteiger partial charge in [0.1, 0.15) is 5.75 Å². The summed E-state index contributed by atoms with van der Waals surface area (Å²) < 4.78 is 7.83. The minimum atomic E-state index is 0.578. The Bertz CT molecular complexity index is 1090. The number of aldehydes is 1. The number of nitrogens with zero attached hydrogens (tertiary/aromatic N) is 1. The average molecular weight is 329 g/mol. The molecule has 0 unspecified atom stereocenters. The Morgan fingerprint density at radius 3 is 2.72 bits per heavy atom. The molecule has 0 saturated carbocycles. The van der Waals surface area contributed by atoms with Crippen molar-refractivity contribution in [3.8, 4) is 16.9 Å². The number of carbonyl (C=O) groups is 1. The number of ether oxygens (including phenoxy) is 1. The minimum Gasteiger partial charge on any atom is -0.493 e. The molecule has 4 rings (SSSR count). The van der Waals surface area contributed by atoms with E-state index in [1.165, 1.54) is 0 Å². The zero-order valence-electron chi connectivity index (χ0n) is 14.3. The molecule has 2 aromatic heterocycles. The van der Waals surface area contributed by atoms with Gasteiger partial charge in [-0.15, -0.1) is 0 Å². The molecule has 0 radical (unpaired) electrons. The summed E-state index contributed by atoms with van der Waals surface area (Å²) in [5, 5.41) is 2.22. The topological polar surface area (TPSA) is 30.7 Å². The van der Waals surface area contributed by atoms with E-state index in [2.05, 4.69) is 37.3 Å². The van der Waals surface area contributed by atoms with Crippen LogP contribution < -0.4 is 4.74 Å². The van der Waals surface area contributed by atoms with E-state index in [9.17, 15) is 4.79 Å². The van der Waals surface area contributed by atoms with Crippen molar-refractivity contribution in [1.29, 1.82) is 0 Å². The zero-order valence-corrected chi connectivity index (χ0v) is 14.3. The summed E-state index contributed by atoms with van der Waals surface area (Å²) in [6.45, 7) is 4.60. The second kappa shape index (κ2) is 6.10. The second-order valence-electron chi connectivity index (χ2n) is 6.15. The molecular formula is C22H19NO2. The molecule has 0 atom stereocenters. The largest absolute Gasteiger partial charge is 0.493 e. The molecule has 2 heterocycles. The van der Waals surface area contributed by atoms with Crippen molar-refractivity contribution in [3.05, 3.63) is 72.1 Å². The van der Waals surface area contributed by atoms with Crippen LogP contribution in [0.1, 0.15) is 23.0 Å². The lowest BCUT2D eigenvalue weighted by Crippen LogP contribution is -1.97. The molecular weight excluding hydrogens is 310 g/mol. The normalized spacial score (nSPS) is 11.1. The van der Waals surface area contributed by atoms with Gasteiger partial charge in [0, 0.05) is 22.8 Å². The van der Waals surface area contributed by atoms with Crippen LogP contribution in [0.25, 0.3) is 27.4 Å². The van der Waals surface area contributed by atoms with Crippen molar-refractivity contribution >= 4 is 22.6 Å². The van der Waals surface area contributed by atoms with Gasteiger partial charge in [-0.1, -0.05) is 30.3 Å². The lowest BCUT2D eigenvalue weighted by atomic mass is 9.97. The number of benzene rings is 2. The van der Waals surface area contributed by atoms with E-state index >= 15 is 0 Å². The van der Waals surface area contributed by atoms with Crippen LogP contribution in [-0.2, 0) is 0 Å². The molecule has 4 aromatic rings. The van der Waals surface area contributed by atoms with E-state index in [-0.39, 0.29) is 0 Å². The molecule has 0 aliphatic heterocycles. The van der Waals surface area contributed by atoms with Crippen LogP contribution in [0.5, 0.6) is 5.75 Å². The van der Waals surface area contributed by atoms with Gasteiger partial charge in [0.15, 0.2) is 6.29 Å². The van der Waals surface area contributed by atoms with Gasteiger partial charge in [0.05, 0.1) is 12.3 Å². The Morgan fingerprint density at radius 2 is 1.92 bits per heavy atom. The molecule has 25 heavy (non-hydrogen) atoms. The monoisotopic (exact) mass is 329 g/mol. The molecule has 0 bridgehead atoms. The summed E-state index contributed by atoms with van der Waals surface area (Å²) in [7, 11) is 0. The van der Waals surface area contributed by atoms with Gasteiger partial charge in [-0.05, 0) is 54.4 Å². The van der Waals surface area contributed by atoms with Gasteiger partial charge in [0.25, 0.3) is 0 Å². The average Bonchev–Trinajstić information content (AvgIpc) is 2.98. The highest BCUT2D eigenvalue weighted by molar-refractivity contribution is 6.04. The number of hydrogen-bond donors (Lipinski definition) is 0. The van der Waals surface area contributed by atoms with Gasteiger partial charge >= 0.3 is 0 Å². The highest BCUT2D eigenvalue weighted by atomic mass is 16.5. The Balaban J connectivity index is 2.12. The summed E-state index contributed by atoms with van der Waals surface area (Å²) >= 11 is 0. The van der Waals surface area contributed by atoms with Gasteiger partial charge in [0.2, 0.25) is 0 Å². The first kappa shape index (κ1) is 15.5. The lowest BCUT2D eigenvalue weighted by molar-refractivity contribution is 0.111. The maximum absolute atomic E-state index is 11.9. The van der Waals surface area contributed by atoms with Crippen molar-refractivity contribution in [1.82, 2.24) is 4.40 Å². The van der Waals surface area contributed by atoms with Crippen LogP contribution in [0.15, 0.2) is 60.8 Å². The van der Waals surface area contributed by atoms with E-state index in [4.69, 9.17) is 4.74 Å². The number of pyridine rings is 1. The van der Waals surface area contributed by atoms with Crippen molar-refractivity contribution in [3.63, 3.8) is 0 Å². The molecule has 124 valence electrons. The number of fused-ring (bicyclic) bond motifs is 2. The third-order valence-electron chi connectivity index (χ3n) is 4.54. The maximum Gasteiger partial charge on any atom is 0.167 e. The fourth-order valence-electron chi connectivity index (χ4n) is 3.44. The maximum atomic E-state index is 11.9. The second-order valence-corrected chi connectivity index (χ2v) is 6.15. The first-order valence-corrected chi connectivity index (χ1v) is 8.44. The minimum absolute atomic E-state index is 0.578. The van der Waals surface area contributed by atoms with E-state index in [1.54, 1.807) is 0 Å². The van der Waals surface area contributed by atoms with Gasteiger partial charge in [-0.2, -0.15) is 0 Å². The molecule has 3 nitrogen and oxygen atoms in total. The predicted octanol–water partition coefficient (Wildman–Crippen LogP) is 5.28. The van der Waals surface area contributed by atoms with Crippen molar-refractivity contribution in [2.75, 3.05) is 6.61 Å².